The topological polar surface area (TPSA) is 3.88 Å². The minimum atomic E-state index is 0. The summed E-state index contributed by atoms with van der Waals surface area (Å²) in [6.07, 6.45) is 13.0. The van der Waals surface area contributed by atoms with Crippen LogP contribution in [0.4, 0.5) is 0 Å². The third-order valence-electron chi connectivity index (χ3n) is 3.77. The van der Waals surface area contributed by atoms with Crippen LogP contribution in [0.2, 0.25) is 0 Å². The first kappa shape index (κ1) is 14.8. The van der Waals surface area contributed by atoms with E-state index in [0.29, 0.717) is 5.92 Å². The monoisotopic (exact) mass is 285 g/mol. The second kappa shape index (κ2) is 7.25. The highest BCUT2D eigenvalue weighted by Gasteiger charge is 2.14. The van der Waals surface area contributed by atoms with Crippen LogP contribution in [0.15, 0.2) is 67.0 Å². The molecule has 0 spiro atoms. The molecule has 0 fully saturated rings. The molecule has 3 rings (SSSR count). The van der Waals surface area contributed by atoms with E-state index in [1.54, 1.807) is 0 Å². The number of halogens is 1. The lowest BCUT2D eigenvalue weighted by Crippen LogP contribution is -3.00. The molecule has 0 radical (unpaired) electrons. The fourth-order valence-corrected chi connectivity index (χ4v) is 2.74. The average molecular weight is 286 g/mol. The number of hydrogen-bond donors (Lipinski definition) is 0. The number of aromatic nitrogens is 1. The number of nitrogens with zero attached hydrogens (tertiary/aromatic N) is 1. The Balaban J connectivity index is 0.00000147. The van der Waals surface area contributed by atoms with Gasteiger partial charge in [0.2, 0.25) is 0 Å². The zero-order chi connectivity index (χ0) is 12.9. The lowest BCUT2D eigenvalue weighted by Gasteiger charge is -2.15. The summed E-state index contributed by atoms with van der Waals surface area (Å²) in [5.41, 5.74) is 2.79. The van der Waals surface area contributed by atoms with Crippen molar-refractivity contribution >= 4 is 0 Å². The van der Waals surface area contributed by atoms with E-state index in [1.165, 1.54) is 30.4 Å². The third-order valence-corrected chi connectivity index (χ3v) is 3.77. The highest BCUT2D eigenvalue weighted by molar-refractivity contribution is 5.20. The van der Waals surface area contributed by atoms with Gasteiger partial charge in [-0.1, -0.05) is 42.5 Å². The van der Waals surface area contributed by atoms with Crippen LogP contribution < -0.4 is 17.0 Å². The van der Waals surface area contributed by atoms with Crippen molar-refractivity contribution in [2.75, 3.05) is 0 Å². The van der Waals surface area contributed by atoms with E-state index in [2.05, 4.69) is 71.6 Å². The minimum absolute atomic E-state index is 0. The lowest BCUT2D eigenvalue weighted by atomic mass is 9.90. The van der Waals surface area contributed by atoms with Gasteiger partial charge in [0, 0.05) is 23.1 Å². The molecule has 0 saturated carbocycles. The van der Waals surface area contributed by atoms with Crippen LogP contribution in [0.1, 0.15) is 36.3 Å². The van der Waals surface area contributed by atoms with E-state index >= 15 is 0 Å². The Kier molecular flexibility index (Phi) is 5.37. The molecule has 1 aromatic heterocycles. The molecule has 1 aliphatic carbocycles. The summed E-state index contributed by atoms with van der Waals surface area (Å²) < 4.78 is 2.28. The Labute approximate surface area is 127 Å². The first-order valence-corrected chi connectivity index (χ1v) is 7.11. The standard InChI is InChI=1S/C18H20N.ClH/c1-3-8-16(9-4-1)14-19-13-7-12-18(15-19)17-10-5-2-6-11-17;/h1,3-5,7-10,12-13,15,17H,2,6,11,14H2;1H/q+1;/p-1. The van der Waals surface area contributed by atoms with E-state index < -0.39 is 0 Å². The molecule has 104 valence electrons. The zero-order valence-electron chi connectivity index (χ0n) is 11.6. The van der Waals surface area contributed by atoms with Crippen molar-refractivity contribution in [2.24, 2.45) is 0 Å². The Morgan fingerprint density at radius 3 is 2.65 bits per heavy atom. The number of hydrogen-bond acceptors (Lipinski definition) is 0. The molecule has 0 aliphatic heterocycles. The second-order valence-electron chi connectivity index (χ2n) is 5.26. The smallest absolute Gasteiger partial charge is 0.173 e. The third kappa shape index (κ3) is 3.71. The molecule has 1 heterocycles. The zero-order valence-corrected chi connectivity index (χ0v) is 12.3. The summed E-state index contributed by atoms with van der Waals surface area (Å²) in [6.45, 7) is 0.950. The molecule has 0 bridgehead atoms. The normalized spacial score (nSPS) is 17.5. The summed E-state index contributed by atoms with van der Waals surface area (Å²) in [7, 11) is 0. The molecule has 1 aromatic carbocycles. The average Bonchev–Trinajstić information content (AvgIpc) is 2.49. The van der Waals surface area contributed by atoms with Gasteiger partial charge in [-0.15, -0.1) is 0 Å². The van der Waals surface area contributed by atoms with Crippen LogP contribution in [0, 0.1) is 0 Å². The Bertz CT molecular complexity index is 563. The van der Waals surface area contributed by atoms with Crippen LogP contribution in [0.25, 0.3) is 0 Å². The molecular formula is C18H20ClN. The van der Waals surface area contributed by atoms with Gasteiger partial charge in [0.15, 0.2) is 18.9 Å². The summed E-state index contributed by atoms with van der Waals surface area (Å²) >= 11 is 0. The molecule has 2 heteroatoms. The van der Waals surface area contributed by atoms with Crippen molar-refractivity contribution in [3.8, 4) is 0 Å². The quantitative estimate of drug-likeness (QED) is 0.582. The van der Waals surface area contributed by atoms with Crippen LogP contribution in [-0.2, 0) is 6.54 Å². The van der Waals surface area contributed by atoms with Crippen molar-refractivity contribution in [3.05, 3.63) is 78.1 Å². The van der Waals surface area contributed by atoms with Gasteiger partial charge < -0.3 is 12.4 Å². The maximum atomic E-state index is 2.37. The molecule has 0 N–H and O–H groups in total. The van der Waals surface area contributed by atoms with Gasteiger partial charge in [0.05, 0.1) is 0 Å². The van der Waals surface area contributed by atoms with E-state index in [9.17, 15) is 0 Å². The van der Waals surface area contributed by atoms with Crippen molar-refractivity contribution in [1.82, 2.24) is 0 Å². The summed E-state index contributed by atoms with van der Waals surface area (Å²) in [4.78, 5) is 0. The summed E-state index contributed by atoms with van der Waals surface area (Å²) in [5, 5.41) is 0. The minimum Gasteiger partial charge on any atom is -1.00 e. The van der Waals surface area contributed by atoms with Crippen LogP contribution in [-0.4, -0.2) is 0 Å². The highest BCUT2D eigenvalue weighted by Crippen LogP contribution is 2.26. The maximum Gasteiger partial charge on any atom is 0.173 e. The second-order valence-corrected chi connectivity index (χ2v) is 5.26. The Hall–Kier alpha value is -1.60. The highest BCUT2D eigenvalue weighted by atomic mass is 35.5. The summed E-state index contributed by atoms with van der Waals surface area (Å²) in [6, 6.07) is 15.0. The Morgan fingerprint density at radius 2 is 1.90 bits per heavy atom. The molecular weight excluding hydrogens is 266 g/mol. The first-order chi connectivity index (χ1) is 9.42. The molecule has 20 heavy (non-hydrogen) atoms. The number of rotatable bonds is 3. The molecule has 1 unspecified atom stereocenters. The van der Waals surface area contributed by atoms with Crippen LogP contribution in [0.3, 0.4) is 0 Å². The first-order valence-electron chi connectivity index (χ1n) is 7.11. The maximum absolute atomic E-state index is 2.37. The Morgan fingerprint density at radius 1 is 1.05 bits per heavy atom. The van der Waals surface area contributed by atoms with E-state index in [-0.39, 0.29) is 12.4 Å². The van der Waals surface area contributed by atoms with Gasteiger partial charge in [0.1, 0.15) is 0 Å². The van der Waals surface area contributed by atoms with Crippen LogP contribution >= 0.6 is 0 Å². The van der Waals surface area contributed by atoms with E-state index in [0.717, 1.165) is 6.54 Å². The van der Waals surface area contributed by atoms with Gasteiger partial charge in [0.25, 0.3) is 0 Å². The van der Waals surface area contributed by atoms with Crippen molar-refractivity contribution < 1.29 is 17.0 Å². The van der Waals surface area contributed by atoms with Gasteiger partial charge in [-0.05, 0) is 25.3 Å². The lowest BCUT2D eigenvalue weighted by molar-refractivity contribution is -0.688. The molecule has 0 amide bonds. The fraction of sp³-hybridized carbons (Fsp3) is 0.278. The van der Waals surface area contributed by atoms with Crippen molar-refractivity contribution in [2.45, 2.75) is 31.7 Å². The van der Waals surface area contributed by atoms with Gasteiger partial charge in [-0.25, -0.2) is 4.57 Å². The number of allylic oxidation sites excluding steroid dienone is 2. The van der Waals surface area contributed by atoms with Gasteiger partial charge in [-0.2, -0.15) is 0 Å². The van der Waals surface area contributed by atoms with E-state index in [1.807, 2.05) is 0 Å². The van der Waals surface area contributed by atoms with Gasteiger partial charge in [-0.3, -0.25) is 0 Å². The SMILES string of the molecule is C1=CC(c2ccc[n+](Cc3ccccc3)c2)CCC1.[Cl-]. The molecule has 1 atom stereocenters. The summed E-state index contributed by atoms with van der Waals surface area (Å²) in [5.74, 6) is 0.608. The fourth-order valence-electron chi connectivity index (χ4n) is 2.74. The van der Waals surface area contributed by atoms with Crippen LogP contribution in [0.5, 0.6) is 0 Å². The predicted molar refractivity (Wildman–Crippen MR) is 77.9 cm³/mol. The largest absolute Gasteiger partial charge is 1.00 e. The van der Waals surface area contributed by atoms with Crippen molar-refractivity contribution in [1.29, 1.82) is 0 Å². The molecule has 1 aliphatic rings. The number of pyridine rings is 1. The number of benzene rings is 1. The molecule has 1 nitrogen and oxygen atoms in total. The molecule has 0 saturated heterocycles. The van der Waals surface area contributed by atoms with E-state index in [4.69, 9.17) is 0 Å². The molecule has 2 aromatic rings. The van der Waals surface area contributed by atoms with Crippen molar-refractivity contribution in [3.63, 3.8) is 0 Å². The van der Waals surface area contributed by atoms with Gasteiger partial charge >= 0.3 is 0 Å². The predicted octanol–water partition coefficient (Wildman–Crippen LogP) is 0.850.